The highest BCUT2D eigenvalue weighted by Gasteiger charge is 2.23. The van der Waals surface area contributed by atoms with Crippen LogP contribution in [0.5, 0.6) is 0 Å². The van der Waals surface area contributed by atoms with Gasteiger partial charge in [0.25, 0.3) is 0 Å². The van der Waals surface area contributed by atoms with Gasteiger partial charge in [-0.25, -0.2) is 0 Å². The molecular weight excluding hydrogens is 1750 g/mol. The molecule has 0 aliphatic carbocycles. The minimum absolute atomic E-state index is 0.569. The van der Waals surface area contributed by atoms with Crippen molar-refractivity contribution in [3.8, 4) is 77.9 Å². The molecule has 0 unspecified atom stereocenters. The zero-order valence-electron chi connectivity index (χ0n) is 83.7. The van der Waals surface area contributed by atoms with Crippen molar-refractivity contribution in [3.63, 3.8) is 0 Å². The summed E-state index contributed by atoms with van der Waals surface area (Å²) in [5.41, 5.74) is 40.0. The van der Waals surface area contributed by atoms with Gasteiger partial charge in [-0.05, 0) is 326 Å². The number of unbranched alkanes of at least 4 members (excludes halogenated alkanes) is 8. The zero-order valence-corrected chi connectivity index (χ0v) is 83.7. The third-order valence-electron chi connectivity index (χ3n) is 27.4. The van der Waals surface area contributed by atoms with Crippen molar-refractivity contribution in [3.05, 3.63) is 500 Å². The van der Waals surface area contributed by atoms with Gasteiger partial charge in [-0.3, -0.25) is 0 Å². The number of hydrogen-bond acceptors (Lipinski definition) is 8. The van der Waals surface area contributed by atoms with Gasteiger partial charge in [-0.1, -0.05) is 375 Å². The van der Waals surface area contributed by atoms with Crippen LogP contribution in [0.15, 0.2) is 455 Å². The molecule has 0 atom stereocenters. The van der Waals surface area contributed by atoms with E-state index in [9.17, 15) is 0 Å². The van der Waals surface area contributed by atoms with E-state index >= 15 is 0 Å². The van der Waals surface area contributed by atoms with E-state index in [4.69, 9.17) is 18.9 Å². The molecule has 18 rings (SSSR count). The molecule has 0 heterocycles. The van der Waals surface area contributed by atoms with Crippen LogP contribution in [0.25, 0.3) is 84.0 Å². The Morgan fingerprint density at radius 3 is 0.632 bits per heavy atom. The maximum absolute atomic E-state index is 6.13. The Morgan fingerprint density at radius 1 is 0.194 bits per heavy atom. The summed E-state index contributed by atoms with van der Waals surface area (Å²) in [6, 6.07) is 164. The van der Waals surface area contributed by atoms with Crippen LogP contribution < -0.4 is 19.6 Å². The Labute approximate surface area is 854 Å². The van der Waals surface area contributed by atoms with E-state index in [1.165, 1.54) is 139 Å². The number of para-hydroxylation sites is 4. The second-order valence-electron chi connectivity index (χ2n) is 37.6. The fourth-order valence-corrected chi connectivity index (χ4v) is 19.3. The molecule has 0 saturated carbocycles. The van der Waals surface area contributed by atoms with Crippen molar-refractivity contribution in [1.82, 2.24) is 0 Å². The molecular formula is C136H132N4O4. The number of anilines is 12. The fourth-order valence-electron chi connectivity index (χ4n) is 19.3. The van der Waals surface area contributed by atoms with Crippen LogP contribution in [0, 0.1) is 0 Å². The van der Waals surface area contributed by atoms with Gasteiger partial charge in [0.1, 0.15) is 0 Å². The highest BCUT2D eigenvalue weighted by Crippen LogP contribution is 2.46. The van der Waals surface area contributed by atoms with Gasteiger partial charge in [-0.15, -0.1) is 0 Å². The van der Waals surface area contributed by atoms with Crippen molar-refractivity contribution < 1.29 is 18.9 Å². The van der Waals surface area contributed by atoms with Gasteiger partial charge in [0.05, 0.1) is 26.4 Å². The van der Waals surface area contributed by atoms with E-state index in [1.54, 1.807) is 0 Å². The largest absolute Gasteiger partial charge is 0.377 e. The summed E-state index contributed by atoms with van der Waals surface area (Å²) >= 11 is 0. The molecule has 8 nitrogen and oxygen atoms in total. The first-order valence-corrected chi connectivity index (χ1v) is 52.0. The number of hydrogen-bond donors (Lipinski definition) is 0. The maximum Gasteiger partial charge on any atom is 0.0716 e. The van der Waals surface area contributed by atoms with E-state index in [0.29, 0.717) is 46.2 Å². The van der Waals surface area contributed by atoms with Crippen LogP contribution in [0.3, 0.4) is 0 Å². The molecule has 18 aromatic rings. The highest BCUT2D eigenvalue weighted by molar-refractivity contribution is 5.87. The van der Waals surface area contributed by atoms with E-state index in [1.807, 2.05) is 6.08 Å². The van der Waals surface area contributed by atoms with Gasteiger partial charge >= 0.3 is 0 Å². The zero-order chi connectivity index (χ0) is 98.1. The Morgan fingerprint density at radius 2 is 0.396 bits per heavy atom. The number of benzene rings is 18. The van der Waals surface area contributed by atoms with Gasteiger partial charge in [0, 0.05) is 94.7 Å². The first kappa shape index (κ1) is 98.9. The monoisotopic (exact) mass is 1890 g/mol. The third-order valence-corrected chi connectivity index (χ3v) is 27.4. The molecule has 0 aliphatic rings. The predicted octanol–water partition coefficient (Wildman–Crippen LogP) is 37.7. The van der Waals surface area contributed by atoms with Crippen LogP contribution in [0.4, 0.5) is 68.2 Å². The Hall–Kier alpha value is -15.3. The molecule has 144 heavy (non-hydrogen) atoms. The van der Waals surface area contributed by atoms with Crippen molar-refractivity contribution >= 4 is 74.3 Å². The molecule has 0 radical (unpaired) electrons. The van der Waals surface area contributed by atoms with Crippen LogP contribution in [-0.2, 0) is 64.6 Å². The summed E-state index contributed by atoms with van der Waals surface area (Å²) in [6.07, 6.45) is 18.2. The topological polar surface area (TPSA) is 49.9 Å². The molecule has 18 aromatic carbocycles. The Kier molecular flexibility index (Phi) is 35.0. The average molecular weight is 1890 g/mol. The van der Waals surface area contributed by atoms with E-state index in [0.717, 1.165) is 155 Å². The van der Waals surface area contributed by atoms with Crippen LogP contribution in [0.2, 0.25) is 0 Å². The molecule has 0 aromatic heterocycles. The second kappa shape index (κ2) is 50.9. The summed E-state index contributed by atoms with van der Waals surface area (Å²) < 4.78 is 24.1. The molecule has 0 aliphatic heterocycles. The van der Waals surface area contributed by atoms with Crippen molar-refractivity contribution in [2.24, 2.45) is 0 Å². The summed E-state index contributed by atoms with van der Waals surface area (Å²) in [4.78, 5) is 9.51. The summed E-state index contributed by atoms with van der Waals surface area (Å²) in [5.74, 6) is 0. The molecule has 8 heteroatoms. The first-order chi connectivity index (χ1) is 71.2. The lowest BCUT2D eigenvalue weighted by Crippen LogP contribution is -2.11. The number of ether oxygens (including phenoxy) is 4. The molecule has 0 spiro atoms. The van der Waals surface area contributed by atoms with Gasteiger partial charge in [-0.2, -0.15) is 0 Å². The molecule has 0 bridgehead atoms. The molecule has 0 fully saturated rings. The van der Waals surface area contributed by atoms with Crippen molar-refractivity contribution in [1.29, 1.82) is 0 Å². The predicted molar refractivity (Wildman–Crippen MR) is 608 cm³/mol. The van der Waals surface area contributed by atoms with Crippen LogP contribution in [-0.4, -0.2) is 26.4 Å². The lowest BCUT2D eigenvalue weighted by molar-refractivity contribution is 0.0898. The summed E-state index contributed by atoms with van der Waals surface area (Å²) in [6.45, 7) is 15.9. The summed E-state index contributed by atoms with van der Waals surface area (Å²) in [7, 11) is 0. The Bertz CT molecular complexity index is 6770. The van der Waals surface area contributed by atoms with Crippen molar-refractivity contribution in [2.75, 3.05) is 46.0 Å². The van der Waals surface area contributed by atoms with Crippen molar-refractivity contribution in [2.45, 2.75) is 144 Å². The molecule has 0 amide bonds. The number of aryl methyl sites for hydroxylation is 3. The molecule has 720 valence electrons. The normalized spacial score (nSPS) is 11.2. The standard InChI is InChI=1S/C136H132N4O4/c1-5-9-11-17-31-121-97-133(139(125-37-23-15-24-38-125)131-85-73-119(74-86-131)115-65-57-111(58-66-115)109-53-61-113(62-54-109)117-69-81-129(82-70-117)137(123-33-19-13-20-34-123)127-77-49-107(50-78-127)101-143-95-29-27-93-141-99-105-45-41-103(7-3)42-46-105)89-91-135(121)136-92-90-134(98-122(136)32-18-12-10-6-2)140(126-39-25-16-26-40-126)132-87-75-120(76-88-132)116-67-59-112(60-68-116)110-55-63-114(64-56-110)118-71-83-130(84-72-118)138(124-35-21-14-22-36-124)128-79-51-108(52-80-128)102-144-96-30-28-94-142-100-106-47-43-104(8-4)44-48-106/h7,13-16,19-26,33-92,97-98H,3,5-6,8-12,17-18,27-32,93-96,99-102H2,1-2,4H3. The van der Waals surface area contributed by atoms with Gasteiger partial charge in [0.2, 0.25) is 0 Å². The summed E-state index contributed by atoms with van der Waals surface area (Å²) in [5, 5.41) is 0. The quantitative estimate of drug-likeness (QED) is 0.0350. The number of nitrogens with zero attached hydrogens (tertiary/aromatic N) is 4. The minimum atomic E-state index is 0.569. The second-order valence-corrected chi connectivity index (χ2v) is 37.6. The third kappa shape index (κ3) is 26.2. The fraction of sp³-hybridized carbons (Fsp3) is 0.191. The lowest BCUT2D eigenvalue weighted by atomic mass is 9.89. The van der Waals surface area contributed by atoms with Crippen LogP contribution in [0.1, 0.15) is 142 Å². The van der Waals surface area contributed by atoms with Crippen LogP contribution >= 0.6 is 0 Å². The minimum Gasteiger partial charge on any atom is -0.377 e. The van der Waals surface area contributed by atoms with Gasteiger partial charge in [0.15, 0.2) is 0 Å². The van der Waals surface area contributed by atoms with E-state index in [2.05, 4.69) is 496 Å². The maximum atomic E-state index is 6.13. The highest BCUT2D eigenvalue weighted by atomic mass is 16.5. The lowest BCUT2D eigenvalue weighted by Gasteiger charge is -2.28. The Balaban J connectivity index is 0.520. The molecule has 0 N–H and O–H groups in total. The first-order valence-electron chi connectivity index (χ1n) is 52.0. The average Bonchev–Trinajstić information content (AvgIpc) is 0.772. The number of rotatable bonds is 49. The smallest absolute Gasteiger partial charge is 0.0716 e. The van der Waals surface area contributed by atoms with E-state index < -0.39 is 0 Å². The van der Waals surface area contributed by atoms with E-state index in [-0.39, 0.29) is 0 Å². The van der Waals surface area contributed by atoms with Gasteiger partial charge < -0.3 is 38.5 Å². The molecule has 0 saturated heterocycles. The SMILES string of the molecule is C=Cc1ccc(COCCCCOCc2ccc(N(c3ccccc3)c3ccc(-c4ccc(-c5ccc(-c6ccc(N(c7ccccc7)c7ccc(-c8ccc(N(c9ccccc9)c9ccc(-c%10ccc(-c%11ccc(-c%12ccc(N(c%13ccccc%13)c%13ccc(COCCCCOCc%14ccc(CC)cc%14)cc%13)cc%12)cc%11)cc%10)cc9)cc8CCCCCC)c(CCCCCC)c7)cc6)cc5)cc4)cc3)cc2)cc1.